The number of halogens is 1. The summed E-state index contributed by atoms with van der Waals surface area (Å²) in [6.45, 7) is 1.86. The maximum Gasteiger partial charge on any atom is 0.259 e. The van der Waals surface area contributed by atoms with E-state index in [0.29, 0.717) is 27.9 Å². The molecule has 1 aliphatic rings. The van der Waals surface area contributed by atoms with Gasteiger partial charge in [-0.3, -0.25) is 10.1 Å². The number of aromatic nitrogens is 4. The lowest BCUT2D eigenvalue weighted by Crippen LogP contribution is -2.12. The van der Waals surface area contributed by atoms with Gasteiger partial charge in [-0.2, -0.15) is 5.10 Å². The molecule has 1 saturated carbocycles. The standard InChI is InChI=1S/C20H16FN5OS/c1-11-16-8-13(19(27)24-20-23-17(10-28-20)12-2-3-12)9-22-18(16)26(25-11)15-6-4-14(21)5-7-15/h4-10,12H,2-3H2,1H3,(H,23,24,27). The molecule has 6 nitrogen and oxygen atoms in total. The van der Waals surface area contributed by atoms with Crippen LogP contribution in [0.1, 0.15) is 40.5 Å². The van der Waals surface area contributed by atoms with Gasteiger partial charge >= 0.3 is 0 Å². The Bertz CT molecular complexity index is 1190. The smallest absolute Gasteiger partial charge is 0.259 e. The van der Waals surface area contributed by atoms with Gasteiger partial charge in [-0.05, 0) is 50.1 Å². The number of aryl methyl sites for hydroxylation is 1. The van der Waals surface area contributed by atoms with E-state index < -0.39 is 0 Å². The molecule has 0 spiro atoms. The molecule has 1 aromatic carbocycles. The van der Waals surface area contributed by atoms with Crippen molar-refractivity contribution in [3.05, 3.63) is 64.7 Å². The number of hydrogen-bond donors (Lipinski definition) is 1. The van der Waals surface area contributed by atoms with E-state index in [1.54, 1.807) is 22.9 Å². The van der Waals surface area contributed by atoms with Crippen LogP contribution in [-0.2, 0) is 0 Å². The van der Waals surface area contributed by atoms with Gasteiger partial charge in [0.05, 0.1) is 22.6 Å². The van der Waals surface area contributed by atoms with Crippen molar-refractivity contribution in [2.45, 2.75) is 25.7 Å². The highest BCUT2D eigenvalue weighted by Gasteiger charge is 2.26. The van der Waals surface area contributed by atoms with E-state index >= 15 is 0 Å². The molecule has 0 radical (unpaired) electrons. The number of fused-ring (bicyclic) bond motifs is 1. The van der Waals surface area contributed by atoms with E-state index in [2.05, 4.69) is 20.4 Å². The quantitative estimate of drug-likeness (QED) is 0.556. The lowest BCUT2D eigenvalue weighted by molar-refractivity contribution is 0.102. The zero-order valence-electron chi connectivity index (χ0n) is 15.0. The van der Waals surface area contributed by atoms with Gasteiger partial charge in [-0.15, -0.1) is 11.3 Å². The molecule has 0 saturated heterocycles. The average Bonchev–Trinajstić information content (AvgIpc) is 3.36. The monoisotopic (exact) mass is 393 g/mol. The second-order valence-electron chi connectivity index (χ2n) is 6.87. The maximum absolute atomic E-state index is 13.2. The minimum atomic E-state index is -0.309. The van der Waals surface area contributed by atoms with Crippen molar-refractivity contribution >= 4 is 33.4 Å². The zero-order chi connectivity index (χ0) is 19.3. The first kappa shape index (κ1) is 17.0. The molecule has 4 aromatic rings. The summed E-state index contributed by atoms with van der Waals surface area (Å²) >= 11 is 1.44. The van der Waals surface area contributed by atoms with Gasteiger partial charge in [-0.25, -0.2) is 19.0 Å². The van der Waals surface area contributed by atoms with Gasteiger partial charge in [0.15, 0.2) is 10.8 Å². The highest BCUT2D eigenvalue weighted by molar-refractivity contribution is 7.14. The molecule has 0 unspecified atom stereocenters. The Kier molecular flexibility index (Phi) is 3.94. The molecule has 1 N–H and O–H groups in total. The highest BCUT2D eigenvalue weighted by atomic mass is 32.1. The number of amides is 1. The van der Waals surface area contributed by atoms with Crippen LogP contribution < -0.4 is 5.32 Å². The number of anilines is 1. The van der Waals surface area contributed by atoms with E-state index in [4.69, 9.17) is 0 Å². The summed E-state index contributed by atoms with van der Waals surface area (Å²) in [6, 6.07) is 7.82. The Labute approximate surface area is 164 Å². The summed E-state index contributed by atoms with van der Waals surface area (Å²) in [5.41, 5.74) is 3.57. The van der Waals surface area contributed by atoms with Crippen molar-refractivity contribution in [3.8, 4) is 5.69 Å². The van der Waals surface area contributed by atoms with Crippen molar-refractivity contribution in [1.29, 1.82) is 0 Å². The number of hydrogen-bond acceptors (Lipinski definition) is 5. The van der Waals surface area contributed by atoms with Crippen molar-refractivity contribution < 1.29 is 9.18 Å². The van der Waals surface area contributed by atoms with Crippen LogP contribution >= 0.6 is 11.3 Å². The van der Waals surface area contributed by atoms with E-state index in [1.807, 2.05) is 12.3 Å². The molecule has 3 heterocycles. The molecular weight excluding hydrogens is 377 g/mol. The summed E-state index contributed by atoms with van der Waals surface area (Å²) in [6.07, 6.45) is 3.87. The Morgan fingerprint density at radius 3 is 2.82 bits per heavy atom. The lowest BCUT2D eigenvalue weighted by Gasteiger charge is -2.04. The summed E-state index contributed by atoms with van der Waals surface area (Å²) in [7, 11) is 0. The predicted octanol–water partition coefficient (Wildman–Crippen LogP) is 4.45. The third-order valence-corrected chi connectivity index (χ3v) is 5.55. The minimum Gasteiger partial charge on any atom is -0.298 e. The van der Waals surface area contributed by atoms with Crippen LogP contribution in [0, 0.1) is 12.7 Å². The number of rotatable bonds is 4. The normalized spacial score (nSPS) is 13.8. The average molecular weight is 393 g/mol. The zero-order valence-corrected chi connectivity index (χ0v) is 15.8. The molecule has 1 fully saturated rings. The van der Waals surface area contributed by atoms with Crippen LogP contribution in [0.3, 0.4) is 0 Å². The maximum atomic E-state index is 13.2. The molecule has 1 aliphatic carbocycles. The number of carbonyl (C=O) groups is 1. The van der Waals surface area contributed by atoms with Crippen molar-refractivity contribution in [2.24, 2.45) is 0 Å². The van der Waals surface area contributed by atoms with Crippen molar-refractivity contribution in [3.63, 3.8) is 0 Å². The van der Waals surface area contributed by atoms with Gasteiger partial charge in [0, 0.05) is 22.9 Å². The summed E-state index contributed by atoms with van der Waals surface area (Å²) in [5.74, 6) is -0.00391. The van der Waals surface area contributed by atoms with Gasteiger partial charge < -0.3 is 0 Å². The third-order valence-electron chi connectivity index (χ3n) is 4.78. The fraction of sp³-hybridized carbons (Fsp3) is 0.200. The Hall–Kier alpha value is -3.13. The highest BCUT2D eigenvalue weighted by Crippen LogP contribution is 2.40. The van der Waals surface area contributed by atoms with Crippen molar-refractivity contribution in [1.82, 2.24) is 19.7 Å². The Balaban J connectivity index is 1.44. The number of nitrogens with one attached hydrogen (secondary N) is 1. The van der Waals surface area contributed by atoms with E-state index in [0.717, 1.165) is 16.8 Å². The fourth-order valence-corrected chi connectivity index (χ4v) is 3.90. The number of nitrogens with zero attached hydrogens (tertiary/aromatic N) is 4. The topological polar surface area (TPSA) is 72.7 Å². The van der Waals surface area contributed by atoms with E-state index in [9.17, 15) is 9.18 Å². The molecule has 28 heavy (non-hydrogen) atoms. The van der Waals surface area contributed by atoms with Crippen LogP contribution in [-0.4, -0.2) is 25.7 Å². The molecule has 3 aromatic heterocycles. The Morgan fingerprint density at radius 2 is 2.07 bits per heavy atom. The second-order valence-corrected chi connectivity index (χ2v) is 7.73. The largest absolute Gasteiger partial charge is 0.298 e. The van der Waals surface area contributed by atoms with Crippen LogP contribution in [0.4, 0.5) is 9.52 Å². The first-order valence-corrected chi connectivity index (χ1v) is 9.84. The number of pyridine rings is 1. The molecule has 0 bridgehead atoms. The first-order chi connectivity index (χ1) is 13.6. The van der Waals surface area contributed by atoms with Crippen LogP contribution in [0.15, 0.2) is 41.9 Å². The van der Waals surface area contributed by atoms with Gasteiger partial charge in [-0.1, -0.05) is 0 Å². The molecule has 0 atom stereocenters. The fourth-order valence-electron chi connectivity index (χ4n) is 3.11. The number of carbonyl (C=O) groups excluding carboxylic acids is 1. The molecular formula is C20H16FN5OS. The molecule has 0 aliphatic heterocycles. The van der Waals surface area contributed by atoms with E-state index in [-0.39, 0.29) is 11.7 Å². The van der Waals surface area contributed by atoms with Gasteiger partial charge in [0.1, 0.15) is 5.82 Å². The SMILES string of the molecule is Cc1nn(-c2ccc(F)cc2)c2ncc(C(=O)Nc3nc(C4CC4)cs3)cc12. The molecule has 5 rings (SSSR count). The second kappa shape index (κ2) is 6.49. The van der Waals surface area contributed by atoms with Gasteiger partial charge in [0.25, 0.3) is 5.91 Å². The van der Waals surface area contributed by atoms with Crippen LogP contribution in [0.5, 0.6) is 0 Å². The Morgan fingerprint density at radius 1 is 1.29 bits per heavy atom. The predicted molar refractivity (Wildman–Crippen MR) is 106 cm³/mol. The number of thiazole rings is 1. The van der Waals surface area contributed by atoms with Crippen LogP contribution in [0.2, 0.25) is 0 Å². The summed E-state index contributed by atoms with van der Waals surface area (Å²) in [5, 5.41) is 10.7. The summed E-state index contributed by atoms with van der Waals surface area (Å²) < 4.78 is 14.8. The van der Waals surface area contributed by atoms with Crippen molar-refractivity contribution in [2.75, 3.05) is 5.32 Å². The van der Waals surface area contributed by atoms with E-state index in [1.165, 1.54) is 42.5 Å². The van der Waals surface area contributed by atoms with Crippen LogP contribution in [0.25, 0.3) is 16.7 Å². The van der Waals surface area contributed by atoms with Gasteiger partial charge in [0.2, 0.25) is 0 Å². The number of benzene rings is 1. The lowest BCUT2D eigenvalue weighted by atomic mass is 10.2. The first-order valence-electron chi connectivity index (χ1n) is 8.96. The minimum absolute atomic E-state index is 0.250. The molecule has 1 amide bonds. The third kappa shape index (κ3) is 3.05. The molecule has 8 heteroatoms. The summed E-state index contributed by atoms with van der Waals surface area (Å²) in [4.78, 5) is 21.5. The molecule has 140 valence electrons.